The molecule has 0 heterocycles. The zero-order valence-electron chi connectivity index (χ0n) is 11.9. The lowest BCUT2D eigenvalue weighted by molar-refractivity contribution is 0.0354. The van der Waals surface area contributed by atoms with Gasteiger partial charge in [-0.1, -0.05) is 12.1 Å². The van der Waals surface area contributed by atoms with Gasteiger partial charge in [0, 0.05) is 6.54 Å². The summed E-state index contributed by atoms with van der Waals surface area (Å²) in [5.74, 6) is -4.32. The smallest absolute Gasteiger partial charge is 0.341 e. The molecule has 0 aromatic heterocycles. The maximum Gasteiger partial charge on any atom is 0.341 e. The monoisotopic (exact) mass is 333 g/mol. The number of rotatable bonds is 6. The molecule has 1 atom stereocenters. The minimum absolute atomic E-state index is 0.0699. The third-order valence-electron chi connectivity index (χ3n) is 3.74. The van der Waals surface area contributed by atoms with Crippen LogP contribution in [0.5, 0.6) is 0 Å². The Labute approximate surface area is 127 Å². The van der Waals surface area contributed by atoms with Crippen molar-refractivity contribution in [3.8, 4) is 0 Å². The lowest BCUT2D eigenvalue weighted by Crippen LogP contribution is -2.42. The first kappa shape index (κ1) is 16.8. The van der Waals surface area contributed by atoms with Gasteiger partial charge in [-0.3, -0.25) is 4.79 Å². The highest BCUT2D eigenvalue weighted by molar-refractivity contribution is 7.91. The Morgan fingerprint density at radius 3 is 2.55 bits per heavy atom. The number of aliphatic hydroxyl groups is 1. The number of alkyl halides is 2. The van der Waals surface area contributed by atoms with Crippen LogP contribution < -0.4 is 5.32 Å². The summed E-state index contributed by atoms with van der Waals surface area (Å²) in [6.45, 7) is 1.51. The molecule has 1 aliphatic carbocycles. The van der Waals surface area contributed by atoms with E-state index >= 15 is 0 Å². The van der Waals surface area contributed by atoms with Crippen LogP contribution in [0.4, 0.5) is 8.78 Å². The number of carbonyl (C=O) groups excluding carboxylic acids is 1. The van der Waals surface area contributed by atoms with Crippen molar-refractivity contribution in [3.63, 3.8) is 0 Å². The molecule has 1 aromatic rings. The number of hydrogen-bond acceptors (Lipinski definition) is 4. The Balaban J connectivity index is 2.20. The highest BCUT2D eigenvalue weighted by atomic mass is 32.2. The lowest BCUT2D eigenvalue weighted by Gasteiger charge is -2.23. The molecule has 0 unspecified atom stereocenters. The van der Waals surface area contributed by atoms with Gasteiger partial charge in [0.25, 0.3) is 5.91 Å². The molecule has 1 aromatic carbocycles. The van der Waals surface area contributed by atoms with Gasteiger partial charge in [0.05, 0.1) is 16.1 Å². The van der Waals surface area contributed by atoms with Crippen LogP contribution in [-0.4, -0.2) is 37.3 Å². The number of sulfone groups is 1. The summed E-state index contributed by atoms with van der Waals surface area (Å²) in [5.41, 5.74) is -1.44. The summed E-state index contributed by atoms with van der Waals surface area (Å²) in [6, 6.07) is 4.79. The first-order valence-electron chi connectivity index (χ1n) is 6.78. The van der Waals surface area contributed by atoms with Crippen molar-refractivity contribution >= 4 is 15.7 Å². The first-order chi connectivity index (χ1) is 10.2. The van der Waals surface area contributed by atoms with Gasteiger partial charge >= 0.3 is 5.76 Å². The van der Waals surface area contributed by atoms with Crippen LogP contribution in [0.2, 0.25) is 0 Å². The van der Waals surface area contributed by atoms with Gasteiger partial charge in [0.2, 0.25) is 9.84 Å². The Morgan fingerprint density at radius 1 is 1.41 bits per heavy atom. The summed E-state index contributed by atoms with van der Waals surface area (Å²) in [7, 11) is -4.87. The SMILES string of the molecule is C[C@](O)(CNC(=O)c1ccccc1S(=O)(=O)C(F)F)C1CC1. The van der Waals surface area contributed by atoms with Crippen molar-refractivity contribution in [1.29, 1.82) is 0 Å². The fraction of sp³-hybridized carbons (Fsp3) is 0.500. The highest BCUT2D eigenvalue weighted by Crippen LogP contribution is 2.39. The summed E-state index contributed by atoms with van der Waals surface area (Å²) in [5, 5.41) is 12.5. The van der Waals surface area contributed by atoms with E-state index in [1.54, 1.807) is 6.92 Å². The maximum absolute atomic E-state index is 12.7. The minimum atomic E-state index is -4.87. The molecule has 0 aliphatic heterocycles. The fourth-order valence-electron chi connectivity index (χ4n) is 2.20. The number of carbonyl (C=O) groups is 1. The fourth-order valence-corrected chi connectivity index (χ4v) is 3.13. The van der Waals surface area contributed by atoms with Crippen LogP contribution in [0, 0.1) is 5.92 Å². The van der Waals surface area contributed by atoms with E-state index < -0.39 is 32.0 Å². The number of benzene rings is 1. The predicted octanol–water partition coefficient (Wildman–Crippen LogP) is 1.57. The number of nitrogens with one attached hydrogen (secondary N) is 1. The topological polar surface area (TPSA) is 83.5 Å². The molecule has 122 valence electrons. The van der Waals surface area contributed by atoms with E-state index in [0.717, 1.165) is 25.0 Å². The molecular weight excluding hydrogens is 316 g/mol. The van der Waals surface area contributed by atoms with Crippen LogP contribution in [0.15, 0.2) is 29.2 Å². The van der Waals surface area contributed by atoms with E-state index in [2.05, 4.69) is 5.32 Å². The molecule has 2 N–H and O–H groups in total. The highest BCUT2D eigenvalue weighted by Gasteiger charge is 2.40. The second-order valence-electron chi connectivity index (χ2n) is 5.62. The molecule has 0 bridgehead atoms. The third-order valence-corrected chi connectivity index (χ3v) is 5.17. The minimum Gasteiger partial charge on any atom is -0.388 e. The molecule has 8 heteroatoms. The van der Waals surface area contributed by atoms with Gasteiger partial charge in [-0.25, -0.2) is 8.42 Å². The summed E-state index contributed by atoms with van der Waals surface area (Å²) < 4.78 is 48.5. The molecule has 1 fully saturated rings. The molecule has 1 amide bonds. The van der Waals surface area contributed by atoms with Crippen molar-refractivity contribution < 1.29 is 27.1 Å². The van der Waals surface area contributed by atoms with Gasteiger partial charge in [-0.05, 0) is 37.8 Å². The second kappa shape index (κ2) is 5.92. The quantitative estimate of drug-likeness (QED) is 0.828. The number of hydrogen-bond donors (Lipinski definition) is 2. The Morgan fingerprint density at radius 2 is 2.00 bits per heavy atom. The third kappa shape index (κ3) is 3.44. The van der Waals surface area contributed by atoms with Crippen LogP contribution in [-0.2, 0) is 9.84 Å². The van der Waals surface area contributed by atoms with Crippen molar-refractivity contribution in [2.75, 3.05) is 6.54 Å². The van der Waals surface area contributed by atoms with Gasteiger partial charge in [-0.15, -0.1) is 0 Å². The molecule has 1 aliphatic rings. The summed E-state index contributed by atoms with van der Waals surface area (Å²) in [6.07, 6.45) is 1.72. The summed E-state index contributed by atoms with van der Waals surface area (Å²) in [4.78, 5) is 11.4. The normalized spacial score (nSPS) is 18.0. The maximum atomic E-state index is 12.7. The average Bonchev–Trinajstić information content (AvgIpc) is 3.29. The zero-order valence-corrected chi connectivity index (χ0v) is 12.7. The zero-order chi connectivity index (χ0) is 16.5. The van der Waals surface area contributed by atoms with Crippen molar-refractivity contribution in [3.05, 3.63) is 29.8 Å². The van der Waals surface area contributed by atoms with E-state index in [0.29, 0.717) is 0 Å². The van der Waals surface area contributed by atoms with Crippen LogP contribution in [0.3, 0.4) is 0 Å². The van der Waals surface area contributed by atoms with Crippen molar-refractivity contribution in [2.45, 2.75) is 36.0 Å². The van der Waals surface area contributed by atoms with E-state index in [1.807, 2.05) is 0 Å². The van der Waals surface area contributed by atoms with E-state index in [4.69, 9.17) is 0 Å². The Hall–Kier alpha value is -1.54. The molecule has 2 rings (SSSR count). The number of amides is 1. The van der Waals surface area contributed by atoms with Gasteiger partial charge < -0.3 is 10.4 Å². The average molecular weight is 333 g/mol. The van der Waals surface area contributed by atoms with Crippen molar-refractivity contribution in [2.24, 2.45) is 5.92 Å². The molecule has 0 saturated heterocycles. The molecular formula is C14H17F2NO4S. The largest absolute Gasteiger partial charge is 0.388 e. The van der Waals surface area contributed by atoms with Crippen LogP contribution in [0.1, 0.15) is 30.1 Å². The first-order valence-corrected chi connectivity index (χ1v) is 8.32. The summed E-state index contributed by atoms with van der Waals surface area (Å²) >= 11 is 0. The van der Waals surface area contributed by atoms with Gasteiger partial charge in [0.1, 0.15) is 0 Å². The predicted molar refractivity (Wildman–Crippen MR) is 75.3 cm³/mol. The van der Waals surface area contributed by atoms with E-state index in [1.165, 1.54) is 12.1 Å². The molecule has 0 spiro atoms. The van der Waals surface area contributed by atoms with Crippen LogP contribution in [0.25, 0.3) is 0 Å². The molecule has 5 nitrogen and oxygen atoms in total. The van der Waals surface area contributed by atoms with E-state index in [9.17, 15) is 27.1 Å². The number of halogens is 2. The van der Waals surface area contributed by atoms with Gasteiger partial charge in [0.15, 0.2) is 0 Å². The Bertz CT molecular complexity index is 669. The van der Waals surface area contributed by atoms with Gasteiger partial charge in [-0.2, -0.15) is 8.78 Å². The standard InChI is InChI=1S/C14H17F2NO4S/c1-14(19,9-6-7-9)8-17-12(18)10-4-2-3-5-11(10)22(20,21)13(15)16/h2-5,9,13,19H,6-8H2,1H3,(H,17,18)/t14-/m0/s1. The van der Waals surface area contributed by atoms with E-state index in [-0.39, 0.29) is 18.0 Å². The second-order valence-corrected chi connectivity index (χ2v) is 7.50. The molecule has 1 saturated carbocycles. The molecule has 22 heavy (non-hydrogen) atoms. The van der Waals surface area contributed by atoms with Crippen LogP contribution >= 0.6 is 0 Å². The lowest BCUT2D eigenvalue weighted by atomic mass is 10.0. The molecule has 0 radical (unpaired) electrons. The Kier molecular flexibility index (Phi) is 4.53. The van der Waals surface area contributed by atoms with Crippen molar-refractivity contribution in [1.82, 2.24) is 5.32 Å².